The monoisotopic (exact) mass is 216 g/mol. The maximum Gasteiger partial charge on any atom is 0.316 e. The van der Waals surface area contributed by atoms with E-state index in [9.17, 15) is 8.78 Å². The summed E-state index contributed by atoms with van der Waals surface area (Å²) >= 11 is 0. The predicted octanol–water partition coefficient (Wildman–Crippen LogP) is 2.42. The van der Waals surface area contributed by atoms with E-state index in [0.29, 0.717) is 0 Å². The van der Waals surface area contributed by atoms with Gasteiger partial charge in [-0.2, -0.15) is 0 Å². The second-order valence-electron chi connectivity index (χ2n) is 4.21. The number of alkyl halides is 2. The molecule has 0 aromatic carbocycles. The van der Waals surface area contributed by atoms with Crippen molar-refractivity contribution in [2.75, 3.05) is 6.61 Å². The van der Waals surface area contributed by atoms with Gasteiger partial charge in [0.1, 0.15) is 0 Å². The van der Waals surface area contributed by atoms with E-state index in [1.165, 1.54) is 0 Å². The average Bonchev–Trinajstić information content (AvgIpc) is 2.14. The summed E-state index contributed by atoms with van der Waals surface area (Å²) in [5.41, 5.74) is 0.883. The van der Waals surface area contributed by atoms with Gasteiger partial charge in [0, 0.05) is 12.4 Å². The molecule has 0 saturated heterocycles. The molecule has 0 saturated carbocycles. The Morgan fingerprint density at radius 3 is 2.20 bits per heavy atom. The number of rotatable bonds is 3. The molecule has 0 aliphatic rings. The van der Waals surface area contributed by atoms with Crippen LogP contribution in [0.15, 0.2) is 12.4 Å². The number of halogens is 2. The Bertz CT molecular complexity index is 306. The maximum atomic E-state index is 11.8. The van der Waals surface area contributed by atoms with Gasteiger partial charge in [0.05, 0.1) is 0 Å². The molecule has 84 valence electrons. The van der Waals surface area contributed by atoms with Crippen molar-refractivity contribution in [2.24, 2.45) is 0 Å². The molecule has 0 amide bonds. The largest absolute Gasteiger partial charge is 0.457 e. The second-order valence-corrected chi connectivity index (χ2v) is 4.21. The van der Waals surface area contributed by atoms with E-state index in [1.54, 1.807) is 12.4 Å². The lowest BCUT2D eigenvalue weighted by Crippen LogP contribution is -2.13. The number of hydrogen-bond acceptors (Lipinski definition) is 3. The quantitative estimate of drug-likeness (QED) is 0.778. The summed E-state index contributed by atoms with van der Waals surface area (Å²) in [6.45, 7) is 5.39. The molecular weight excluding hydrogens is 202 g/mol. The zero-order valence-electron chi connectivity index (χ0n) is 9.00. The van der Waals surface area contributed by atoms with Gasteiger partial charge < -0.3 is 4.74 Å². The Morgan fingerprint density at radius 2 is 1.80 bits per heavy atom. The molecule has 0 aliphatic heterocycles. The van der Waals surface area contributed by atoms with Crippen molar-refractivity contribution in [3.8, 4) is 6.01 Å². The predicted molar refractivity (Wildman–Crippen MR) is 52.2 cm³/mol. The van der Waals surface area contributed by atoms with Crippen molar-refractivity contribution >= 4 is 0 Å². The van der Waals surface area contributed by atoms with Crippen LogP contribution in [0.1, 0.15) is 26.3 Å². The fourth-order valence-corrected chi connectivity index (χ4v) is 0.916. The summed E-state index contributed by atoms with van der Waals surface area (Å²) in [5.74, 6) is 0. The highest BCUT2D eigenvalue weighted by molar-refractivity contribution is 5.16. The molecule has 3 nitrogen and oxygen atoms in total. The lowest BCUT2D eigenvalue weighted by Gasteiger charge is -2.17. The zero-order valence-corrected chi connectivity index (χ0v) is 9.00. The van der Waals surface area contributed by atoms with E-state index < -0.39 is 13.0 Å². The third-order valence-electron chi connectivity index (χ3n) is 1.83. The first-order valence-electron chi connectivity index (χ1n) is 4.63. The molecule has 1 rings (SSSR count). The normalized spacial score (nSPS) is 11.9. The van der Waals surface area contributed by atoms with Crippen LogP contribution in [0.2, 0.25) is 0 Å². The highest BCUT2D eigenvalue weighted by Gasteiger charge is 2.14. The molecule has 0 atom stereocenters. The standard InChI is InChI=1S/C10H14F2N2O/c1-10(2,3)7-4-13-9(14-5-7)15-6-8(11)12/h4-5,8H,6H2,1-3H3. The molecule has 5 heteroatoms. The van der Waals surface area contributed by atoms with Crippen molar-refractivity contribution in [2.45, 2.75) is 32.6 Å². The van der Waals surface area contributed by atoms with Gasteiger partial charge in [0.2, 0.25) is 0 Å². The smallest absolute Gasteiger partial charge is 0.316 e. The van der Waals surface area contributed by atoms with E-state index >= 15 is 0 Å². The molecule has 0 bridgehead atoms. The molecule has 0 N–H and O–H groups in total. The summed E-state index contributed by atoms with van der Waals surface area (Å²) in [7, 11) is 0. The maximum absolute atomic E-state index is 11.8. The van der Waals surface area contributed by atoms with Gasteiger partial charge in [0.25, 0.3) is 6.43 Å². The van der Waals surface area contributed by atoms with Gasteiger partial charge in [-0.3, -0.25) is 0 Å². The number of ether oxygens (including phenoxy) is 1. The van der Waals surface area contributed by atoms with E-state index in [-0.39, 0.29) is 11.4 Å². The third-order valence-corrected chi connectivity index (χ3v) is 1.83. The van der Waals surface area contributed by atoms with Gasteiger partial charge in [-0.15, -0.1) is 0 Å². The van der Waals surface area contributed by atoms with Crippen LogP contribution in [0.25, 0.3) is 0 Å². The minimum atomic E-state index is -2.50. The highest BCUT2D eigenvalue weighted by Crippen LogP contribution is 2.20. The number of nitrogens with zero attached hydrogens (tertiary/aromatic N) is 2. The van der Waals surface area contributed by atoms with Crippen molar-refractivity contribution in [1.82, 2.24) is 9.97 Å². The van der Waals surface area contributed by atoms with Crippen LogP contribution in [0.4, 0.5) is 8.78 Å². The first-order chi connectivity index (χ1) is 6.89. The van der Waals surface area contributed by atoms with Gasteiger partial charge in [0.15, 0.2) is 6.61 Å². The average molecular weight is 216 g/mol. The summed E-state index contributed by atoms with van der Waals surface area (Å²) in [4.78, 5) is 7.70. The fourth-order valence-electron chi connectivity index (χ4n) is 0.916. The lowest BCUT2D eigenvalue weighted by atomic mass is 9.89. The van der Waals surface area contributed by atoms with Gasteiger partial charge in [-0.05, 0) is 11.0 Å². The van der Waals surface area contributed by atoms with Crippen molar-refractivity contribution in [3.05, 3.63) is 18.0 Å². The Hall–Kier alpha value is -1.26. The SMILES string of the molecule is CC(C)(C)c1cnc(OCC(F)F)nc1. The van der Waals surface area contributed by atoms with Crippen LogP contribution in [0.5, 0.6) is 6.01 Å². The molecule has 1 aromatic rings. The van der Waals surface area contributed by atoms with Crippen LogP contribution in [-0.2, 0) is 5.41 Å². The zero-order chi connectivity index (χ0) is 11.5. The number of hydrogen-bond donors (Lipinski definition) is 0. The van der Waals surface area contributed by atoms with Crippen LogP contribution in [0.3, 0.4) is 0 Å². The summed E-state index contributed by atoms with van der Waals surface area (Å²) in [6.07, 6.45) is 0.678. The van der Waals surface area contributed by atoms with E-state index in [2.05, 4.69) is 14.7 Å². The molecule has 0 radical (unpaired) electrons. The van der Waals surface area contributed by atoms with E-state index in [4.69, 9.17) is 0 Å². The van der Waals surface area contributed by atoms with Gasteiger partial charge >= 0.3 is 6.01 Å². The molecule has 1 heterocycles. The summed E-state index contributed by atoms with van der Waals surface area (Å²) < 4.78 is 28.3. The third kappa shape index (κ3) is 3.77. The minimum absolute atomic E-state index is 0.0108. The van der Waals surface area contributed by atoms with Crippen molar-refractivity contribution in [1.29, 1.82) is 0 Å². The molecule has 0 spiro atoms. The number of aromatic nitrogens is 2. The molecule has 0 unspecified atom stereocenters. The Balaban J connectivity index is 2.65. The molecule has 15 heavy (non-hydrogen) atoms. The van der Waals surface area contributed by atoms with E-state index in [0.717, 1.165) is 5.56 Å². The Morgan fingerprint density at radius 1 is 1.27 bits per heavy atom. The molecule has 0 fully saturated rings. The molecular formula is C10H14F2N2O. The first kappa shape index (κ1) is 11.8. The Labute approximate surface area is 87.5 Å². The van der Waals surface area contributed by atoms with Crippen LogP contribution < -0.4 is 4.74 Å². The van der Waals surface area contributed by atoms with Gasteiger partial charge in [-0.1, -0.05) is 20.8 Å². The molecule has 0 aliphatic carbocycles. The lowest BCUT2D eigenvalue weighted by molar-refractivity contribution is 0.0769. The fraction of sp³-hybridized carbons (Fsp3) is 0.600. The van der Waals surface area contributed by atoms with Gasteiger partial charge in [-0.25, -0.2) is 18.7 Å². The highest BCUT2D eigenvalue weighted by atomic mass is 19.3. The van der Waals surface area contributed by atoms with Crippen LogP contribution >= 0.6 is 0 Å². The van der Waals surface area contributed by atoms with Crippen molar-refractivity contribution in [3.63, 3.8) is 0 Å². The minimum Gasteiger partial charge on any atom is -0.457 e. The van der Waals surface area contributed by atoms with Crippen molar-refractivity contribution < 1.29 is 13.5 Å². The molecule has 1 aromatic heterocycles. The van der Waals surface area contributed by atoms with E-state index in [1.807, 2.05) is 20.8 Å². The second kappa shape index (κ2) is 4.51. The van der Waals surface area contributed by atoms with Crippen LogP contribution in [0, 0.1) is 0 Å². The Kier molecular flexibility index (Phi) is 3.55. The summed E-state index contributed by atoms with van der Waals surface area (Å²) in [5, 5.41) is 0. The summed E-state index contributed by atoms with van der Waals surface area (Å²) in [6, 6.07) is -0.0108. The first-order valence-corrected chi connectivity index (χ1v) is 4.63. The van der Waals surface area contributed by atoms with Crippen LogP contribution in [-0.4, -0.2) is 23.0 Å². The topological polar surface area (TPSA) is 35.0 Å².